The van der Waals surface area contributed by atoms with Gasteiger partial charge in [0.15, 0.2) is 5.69 Å². The van der Waals surface area contributed by atoms with Crippen LogP contribution in [-0.4, -0.2) is 46.4 Å². The number of carbonyl (C=O) groups is 2. The van der Waals surface area contributed by atoms with Gasteiger partial charge in [0.1, 0.15) is 0 Å². The smallest absolute Gasteiger partial charge is 0.275 e. The monoisotopic (exact) mass is 356 g/mol. The lowest BCUT2D eigenvalue weighted by Gasteiger charge is -2.40. The molecule has 4 rings (SSSR count). The van der Waals surface area contributed by atoms with Crippen LogP contribution in [0.15, 0.2) is 29.6 Å². The van der Waals surface area contributed by atoms with E-state index in [0.717, 1.165) is 24.8 Å². The largest absolute Gasteiger partial charge is 0.359 e. The van der Waals surface area contributed by atoms with E-state index in [1.54, 1.807) is 12.4 Å². The summed E-state index contributed by atoms with van der Waals surface area (Å²) in [4.78, 5) is 26.7. The normalized spacial score (nSPS) is 21.2. The first-order valence-electron chi connectivity index (χ1n) is 8.52. The van der Waals surface area contributed by atoms with Crippen LogP contribution in [-0.2, 0) is 10.2 Å². The minimum atomic E-state index is -0.0915. The van der Waals surface area contributed by atoms with Gasteiger partial charge in [0, 0.05) is 30.9 Å². The third-order valence-corrected chi connectivity index (χ3v) is 6.16. The number of hydrogen-bond donors (Lipinski definition) is 1. The molecule has 1 aromatic carbocycles. The summed E-state index contributed by atoms with van der Waals surface area (Å²) in [6.45, 7) is 1.37. The standard InChI is InChI=1S/C18H20N4O2S/c1-19-16(23)13-10-18(14-5-3-2-4-12(13)14)6-8-22(9-7-18)17(24)15-11-25-21-20-15/h2-5,11,13H,6-10H2,1H3,(H,19,23)/t13-/m1/s1. The van der Waals surface area contributed by atoms with Crippen LogP contribution in [0.5, 0.6) is 0 Å². The Balaban J connectivity index is 1.56. The van der Waals surface area contributed by atoms with E-state index in [0.29, 0.717) is 18.8 Å². The van der Waals surface area contributed by atoms with Gasteiger partial charge in [-0.15, -0.1) is 5.10 Å². The van der Waals surface area contributed by atoms with E-state index in [1.165, 1.54) is 17.1 Å². The molecule has 0 unspecified atom stereocenters. The van der Waals surface area contributed by atoms with Crippen molar-refractivity contribution in [1.29, 1.82) is 0 Å². The van der Waals surface area contributed by atoms with Gasteiger partial charge in [0.25, 0.3) is 5.91 Å². The van der Waals surface area contributed by atoms with Gasteiger partial charge in [-0.3, -0.25) is 9.59 Å². The first kappa shape index (κ1) is 16.2. The second-order valence-corrected chi connectivity index (χ2v) is 7.43. The first-order valence-corrected chi connectivity index (χ1v) is 9.36. The van der Waals surface area contributed by atoms with Crippen molar-refractivity contribution in [2.24, 2.45) is 0 Å². The third-order valence-electron chi connectivity index (χ3n) is 5.65. The molecule has 1 aromatic heterocycles. The quantitative estimate of drug-likeness (QED) is 0.892. The maximum absolute atomic E-state index is 12.5. The van der Waals surface area contributed by atoms with Crippen LogP contribution in [0.4, 0.5) is 0 Å². The van der Waals surface area contributed by atoms with E-state index in [2.05, 4.69) is 27.0 Å². The van der Waals surface area contributed by atoms with Crippen LogP contribution in [0.3, 0.4) is 0 Å². The third kappa shape index (κ3) is 2.63. The summed E-state index contributed by atoms with van der Waals surface area (Å²) in [6.07, 6.45) is 2.58. The molecule has 1 atom stereocenters. The topological polar surface area (TPSA) is 75.2 Å². The van der Waals surface area contributed by atoms with Crippen molar-refractivity contribution in [3.8, 4) is 0 Å². The molecule has 2 aromatic rings. The molecule has 1 N–H and O–H groups in total. The lowest BCUT2D eigenvalue weighted by Crippen LogP contribution is -2.44. The molecule has 1 fully saturated rings. The number of nitrogens with zero attached hydrogens (tertiary/aromatic N) is 3. The van der Waals surface area contributed by atoms with Crippen molar-refractivity contribution >= 4 is 23.3 Å². The number of piperidine rings is 1. The zero-order chi connectivity index (χ0) is 17.4. The Morgan fingerprint density at radius 1 is 1.28 bits per heavy atom. The maximum Gasteiger partial charge on any atom is 0.275 e. The van der Waals surface area contributed by atoms with Gasteiger partial charge >= 0.3 is 0 Å². The number of rotatable bonds is 2. The summed E-state index contributed by atoms with van der Waals surface area (Å²) < 4.78 is 3.78. The maximum atomic E-state index is 12.5. The molecular formula is C18H20N4O2S. The predicted molar refractivity (Wildman–Crippen MR) is 94.6 cm³/mol. The molecule has 0 bridgehead atoms. The molecule has 0 radical (unpaired) electrons. The van der Waals surface area contributed by atoms with Gasteiger partial charge < -0.3 is 10.2 Å². The Morgan fingerprint density at radius 2 is 2.04 bits per heavy atom. The zero-order valence-corrected chi connectivity index (χ0v) is 14.9. The molecule has 7 heteroatoms. The van der Waals surface area contributed by atoms with Gasteiger partial charge in [-0.25, -0.2) is 0 Å². The van der Waals surface area contributed by atoms with E-state index in [1.807, 2.05) is 17.0 Å². The zero-order valence-electron chi connectivity index (χ0n) is 14.1. The molecule has 2 aliphatic rings. The number of fused-ring (bicyclic) bond motifs is 2. The number of aromatic nitrogens is 2. The Morgan fingerprint density at radius 3 is 2.72 bits per heavy atom. The van der Waals surface area contributed by atoms with E-state index in [9.17, 15) is 9.59 Å². The van der Waals surface area contributed by atoms with Crippen molar-refractivity contribution in [1.82, 2.24) is 19.8 Å². The molecule has 6 nitrogen and oxygen atoms in total. The number of amides is 2. The molecule has 1 aliphatic carbocycles. The Kier molecular flexibility index (Phi) is 4.03. The number of benzene rings is 1. The van der Waals surface area contributed by atoms with Gasteiger partial charge in [-0.05, 0) is 41.9 Å². The first-order chi connectivity index (χ1) is 12.1. The number of likely N-dealkylation sites (N-methyl/N-ethyl adjacent to an activating group) is 1. The van der Waals surface area contributed by atoms with Gasteiger partial charge in [0.05, 0.1) is 5.92 Å². The fourth-order valence-electron chi connectivity index (χ4n) is 4.33. The van der Waals surface area contributed by atoms with Gasteiger partial charge in [-0.2, -0.15) is 0 Å². The lowest BCUT2D eigenvalue weighted by atomic mass is 9.73. The summed E-state index contributed by atoms with van der Waals surface area (Å²) in [7, 11) is 1.69. The Labute approximate surface area is 150 Å². The number of hydrogen-bond acceptors (Lipinski definition) is 5. The summed E-state index contributed by atoms with van der Waals surface area (Å²) in [5, 5.41) is 8.38. The molecule has 25 heavy (non-hydrogen) atoms. The van der Waals surface area contributed by atoms with Crippen molar-refractivity contribution in [3.63, 3.8) is 0 Å². The highest BCUT2D eigenvalue weighted by Crippen LogP contribution is 2.51. The van der Waals surface area contributed by atoms with E-state index in [-0.39, 0.29) is 23.1 Å². The van der Waals surface area contributed by atoms with Crippen molar-refractivity contribution in [3.05, 3.63) is 46.5 Å². The highest BCUT2D eigenvalue weighted by Gasteiger charge is 2.47. The molecule has 2 amide bonds. The second kappa shape index (κ2) is 6.22. The predicted octanol–water partition coefficient (Wildman–Crippen LogP) is 1.95. The second-order valence-electron chi connectivity index (χ2n) is 6.82. The SMILES string of the molecule is CNC(=O)[C@@H]1CC2(CCN(C(=O)c3csnn3)CC2)c2ccccc21. The number of nitrogens with one attached hydrogen (secondary N) is 1. The molecule has 2 heterocycles. The number of likely N-dealkylation sites (tertiary alicyclic amines) is 1. The molecular weight excluding hydrogens is 336 g/mol. The minimum Gasteiger partial charge on any atom is -0.359 e. The van der Waals surface area contributed by atoms with Crippen molar-refractivity contribution < 1.29 is 9.59 Å². The fraction of sp³-hybridized carbons (Fsp3) is 0.444. The molecule has 130 valence electrons. The molecule has 1 aliphatic heterocycles. The average molecular weight is 356 g/mol. The van der Waals surface area contributed by atoms with Crippen molar-refractivity contribution in [2.45, 2.75) is 30.6 Å². The molecule has 1 saturated heterocycles. The fourth-order valence-corrected chi connectivity index (χ4v) is 4.76. The Hall–Kier alpha value is -2.28. The average Bonchev–Trinajstić information content (AvgIpc) is 3.29. The summed E-state index contributed by atoms with van der Waals surface area (Å²) in [5.41, 5.74) is 2.84. The molecule has 1 spiro atoms. The van der Waals surface area contributed by atoms with Gasteiger partial charge in [-0.1, -0.05) is 28.8 Å². The highest BCUT2D eigenvalue weighted by molar-refractivity contribution is 7.03. The van der Waals surface area contributed by atoms with Gasteiger partial charge in [0.2, 0.25) is 5.91 Å². The summed E-state index contributed by atoms with van der Waals surface area (Å²) >= 11 is 1.19. The van der Waals surface area contributed by atoms with Crippen LogP contribution in [0, 0.1) is 0 Å². The van der Waals surface area contributed by atoms with E-state index >= 15 is 0 Å². The van der Waals surface area contributed by atoms with Crippen LogP contribution in [0.1, 0.15) is 46.8 Å². The summed E-state index contributed by atoms with van der Waals surface area (Å²) in [6, 6.07) is 8.27. The number of carbonyl (C=O) groups excluding carboxylic acids is 2. The Bertz CT molecular complexity index is 797. The van der Waals surface area contributed by atoms with Crippen LogP contribution in [0.25, 0.3) is 0 Å². The van der Waals surface area contributed by atoms with Crippen LogP contribution < -0.4 is 5.32 Å². The summed E-state index contributed by atoms with van der Waals surface area (Å²) in [5.74, 6) is -0.0553. The van der Waals surface area contributed by atoms with Crippen LogP contribution in [0.2, 0.25) is 0 Å². The minimum absolute atomic E-state index is 0.00905. The van der Waals surface area contributed by atoms with E-state index in [4.69, 9.17) is 0 Å². The van der Waals surface area contributed by atoms with E-state index < -0.39 is 0 Å². The molecule has 0 saturated carbocycles. The lowest BCUT2D eigenvalue weighted by molar-refractivity contribution is -0.122. The van der Waals surface area contributed by atoms with Crippen LogP contribution >= 0.6 is 11.5 Å². The van der Waals surface area contributed by atoms with Crippen molar-refractivity contribution in [2.75, 3.05) is 20.1 Å². The highest BCUT2D eigenvalue weighted by atomic mass is 32.1.